The fourth-order valence-electron chi connectivity index (χ4n) is 2.43. The van der Waals surface area contributed by atoms with Gasteiger partial charge in [0, 0.05) is 4.47 Å². The van der Waals surface area contributed by atoms with E-state index in [4.69, 9.17) is 9.15 Å². The molecule has 25 heavy (non-hydrogen) atoms. The van der Waals surface area contributed by atoms with Crippen molar-refractivity contribution in [3.05, 3.63) is 77.2 Å². The molecular weight excluding hydrogens is 382 g/mol. The van der Waals surface area contributed by atoms with Crippen molar-refractivity contribution in [2.75, 3.05) is 6.61 Å². The lowest BCUT2D eigenvalue weighted by atomic mass is 10.1. The van der Waals surface area contributed by atoms with E-state index in [1.165, 1.54) is 0 Å². The summed E-state index contributed by atoms with van der Waals surface area (Å²) in [7, 11) is 0. The predicted octanol–water partition coefficient (Wildman–Crippen LogP) is 4.97. The molecule has 3 rings (SSSR count). The van der Waals surface area contributed by atoms with E-state index in [1.807, 2.05) is 61.5 Å². The lowest BCUT2D eigenvalue weighted by molar-refractivity contribution is -0.123. The minimum absolute atomic E-state index is 0.0390. The van der Waals surface area contributed by atoms with Crippen molar-refractivity contribution in [2.24, 2.45) is 0 Å². The summed E-state index contributed by atoms with van der Waals surface area (Å²) in [6, 6.07) is 19.2. The standard InChI is InChI=1S/C20H18BrNO3/c1-14(19-3-2-12-24-19)22-20(23)13-25-18-10-6-16(7-11-18)15-4-8-17(21)9-5-15/h2-12,14H,13H2,1H3,(H,22,23)/t14-/m0/s1. The van der Waals surface area contributed by atoms with Crippen LogP contribution in [-0.4, -0.2) is 12.5 Å². The number of ether oxygens (including phenoxy) is 1. The maximum Gasteiger partial charge on any atom is 0.258 e. The van der Waals surface area contributed by atoms with Crippen LogP contribution in [0.2, 0.25) is 0 Å². The molecule has 1 aromatic heterocycles. The molecule has 0 fully saturated rings. The van der Waals surface area contributed by atoms with Crippen LogP contribution in [0.1, 0.15) is 18.7 Å². The van der Waals surface area contributed by atoms with Gasteiger partial charge in [0.2, 0.25) is 0 Å². The first-order valence-corrected chi connectivity index (χ1v) is 8.73. The molecule has 3 aromatic rings. The second-order valence-electron chi connectivity index (χ2n) is 5.62. The van der Waals surface area contributed by atoms with E-state index in [1.54, 1.807) is 12.3 Å². The SMILES string of the molecule is C[C@H](NC(=O)COc1ccc(-c2ccc(Br)cc2)cc1)c1ccco1. The topological polar surface area (TPSA) is 51.5 Å². The molecule has 4 nitrogen and oxygen atoms in total. The zero-order valence-corrected chi connectivity index (χ0v) is 15.3. The van der Waals surface area contributed by atoms with Gasteiger partial charge in [-0.1, -0.05) is 40.2 Å². The molecule has 1 atom stereocenters. The van der Waals surface area contributed by atoms with Gasteiger partial charge in [0.05, 0.1) is 12.3 Å². The lowest BCUT2D eigenvalue weighted by Gasteiger charge is -2.12. The maximum atomic E-state index is 12.0. The summed E-state index contributed by atoms with van der Waals surface area (Å²) >= 11 is 3.43. The van der Waals surface area contributed by atoms with Gasteiger partial charge in [0.25, 0.3) is 5.91 Å². The number of carbonyl (C=O) groups excluding carboxylic acids is 1. The Morgan fingerprint density at radius 3 is 2.32 bits per heavy atom. The fourth-order valence-corrected chi connectivity index (χ4v) is 2.69. The van der Waals surface area contributed by atoms with E-state index in [0.717, 1.165) is 15.6 Å². The van der Waals surface area contributed by atoms with E-state index in [-0.39, 0.29) is 18.6 Å². The summed E-state index contributed by atoms with van der Waals surface area (Å²) in [5, 5.41) is 2.83. The highest BCUT2D eigenvalue weighted by atomic mass is 79.9. The van der Waals surface area contributed by atoms with Gasteiger partial charge in [-0.3, -0.25) is 4.79 Å². The molecular formula is C20H18BrNO3. The molecule has 1 amide bonds. The van der Waals surface area contributed by atoms with Crippen LogP contribution in [0.3, 0.4) is 0 Å². The Kier molecular flexibility index (Phi) is 5.56. The van der Waals surface area contributed by atoms with Crippen molar-refractivity contribution < 1.29 is 13.9 Å². The van der Waals surface area contributed by atoms with E-state index in [2.05, 4.69) is 21.2 Å². The Morgan fingerprint density at radius 2 is 1.72 bits per heavy atom. The summed E-state index contributed by atoms with van der Waals surface area (Å²) < 4.78 is 11.9. The highest BCUT2D eigenvalue weighted by Gasteiger charge is 2.12. The highest BCUT2D eigenvalue weighted by Crippen LogP contribution is 2.24. The van der Waals surface area contributed by atoms with Gasteiger partial charge in [-0.15, -0.1) is 0 Å². The molecule has 0 aliphatic rings. The zero-order valence-electron chi connectivity index (χ0n) is 13.7. The summed E-state index contributed by atoms with van der Waals surface area (Å²) in [6.45, 7) is 1.83. The minimum Gasteiger partial charge on any atom is -0.484 e. The number of hydrogen-bond donors (Lipinski definition) is 1. The van der Waals surface area contributed by atoms with Crippen molar-refractivity contribution in [3.63, 3.8) is 0 Å². The Morgan fingerprint density at radius 1 is 1.08 bits per heavy atom. The van der Waals surface area contributed by atoms with E-state index in [0.29, 0.717) is 11.5 Å². The Labute approximate surface area is 154 Å². The van der Waals surface area contributed by atoms with Gasteiger partial charge in [-0.2, -0.15) is 0 Å². The van der Waals surface area contributed by atoms with Crippen molar-refractivity contribution in [2.45, 2.75) is 13.0 Å². The quantitative estimate of drug-likeness (QED) is 0.636. The average molecular weight is 400 g/mol. The number of nitrogens with one attached hydrogen (secondary N) is 1. The second-order valence-corrected chi connectivity index (χ2v) is 6.54. The Bertz CT molecular complexity index is 811. The maximum absolute atomic E-state index is 12.0. The third-order valence-electron chi connectivity index (χ3n) is 3.75. The van der Waals surface area contributed by atoms with Crippen LogP contribution in [0.15, 0.2) is 75.8 Å². The van der Waals surface area contributed by atoms with Crippen LogP contribution < -0.4 is 10.1 Å². The van der Waals surface area contributed by atoms with Crippen molar-refractivity contribution in [1.82, 2.24) is 5.32 Å². The van der Waals surface area contributed by atoms with Crippen LogP contribution >= 0.6 is 15.9 Å². The molecule has 0 saturated heterocycles. The van der Waals surface area contributed by atoms with Crippen LogP contribution in [0, 0.1) is 0 Å². The van der Waals surface area contributed by atoms with Gasteiger partial charge in [0.1, 0.15) is 11.5 Å². The van der Waals surface area contributed by atoms with Crippen LogP contribution in [0.5, 0.6) is 5.75 Å². The number of carbonyl (C=O) groups is 1. The number of furan rings is 1. The zero-order chi connectivity index (χ0) is 17.6. The Balaban J connectivity index is 1.53. The first kappa shape index (κ1) is 17.3. The molecule has 0 radical (unpaired) electrons. The number of rotatable bonds is 6. The van der Waals surface area contributed by atoms with Gasteiger partial charge in [-0.25, -0.2) is 0 Å². The molecule has 2 aromatic carbocycles. The van der Waals surface area contributed by atoms with Crippen LogP contribution in [-0.2, 0) is 4.79 Å². The summed E-state index contributed by atoms with van der Waals surface area (Å²) in [4.78, 5) is 12.0. The largest absolute Gasteiger partial charge is 0.484 e. The van der Waals surface area contributed by atoms with E-state index < -0.39 is 0 Å². The van der Waals surface area contributed by atoms with Crippen LogP contribution in [0.4, 0.5) is 0 Å². The molecule has 1 heterocycles. The van der Waals surface area contributed by atoms with Crippen molar-refractivity contribution >= 4 is 21.8 Å². The molecule has 1 N–H and O–H groups in total. The first-order chi connectivity index (χ1) is 12.1. The third-order valence-corrected chi connectivity index (χ3v) is 4.28. The predicted molar refractivity (Wildman–Crippen MR) is 100 cm³/mol. The number of benzene rings is 2. The normalized spacial score (nSPS) is 11.8. The highest BCUT2D eigenvalue weighted by molar-refractivity contribution is 9.10. The molecule has 5 heteroatoms. The Hall–Kier alpha value is -2.53. The molecule has 128 valence electrons. The first-order valence-electron chi connectivity index (χ1n) is 7.93. The van der Waals surface area contributed by atoms with Crippen molar-refractivity contribution in [3.8, 4) is 16.9 Å². The summed E-state index contributed by atoms with van der Waals surface area (Å²) in [6.07, 6.45) is 1.58. The molecule has 0 aliphatic carbocycles. The molecule has 0 aliphatic heterocycles. The van der Waals surface area contributed by atoms with E-state index >= 15 is 0 Å². The lowest BCUT2D eigenvalue weighted by Crippen LogP contribution is -2.31. The molecule has 0 unspecified atom stereocenters. The van der Waals surface area contributed by atoms with Gasteiger partial charge < -0.3 is 14.5 Å². The molecule has 0 saturated carbocycles. The number of halogens is 1. The second kappa shape index (κ2) is 8.03. The summed E-state index contributed by atoms with van der Waals surface area (Å²) in [5.41, 5.74) is 2.22. The average Bonchev–Trinajstić information content (AvgIpc) is 3.16. The smallest absolute Gasteiger partial charge is 0.258 e. The minimum atomic E-state index is -0.194. The van der Waals surface area contributed by atoms with Crippen LogP contribution in [0.25, 0.3) is 11.1 Å². The van der Waals surface area contributed by atoms with Gasteiger partial charge in [-0.05, 0) is 54.4 Å². The van der Waals surface area contributed by atoms with Gasteiger partial charge >= 0.3 is 0 Å². The fraction of sp³-hybridized carbons (Fsp3) is 0.150. The summed E-state index contributed by atoms with van der Waals surface area (Å²) in [5.74, 6) is 1.18. The molecule has 0 spiro atoms. The molecule has 0 bridgehead atoms. The third kappa shape index (κ3) is 4.73. The number of amides is 1. The van der Waals surface area contributed by atoms with Gasteiger partial charge in [0.15, 0.2) is 6.61 Å². The van der Waals surface area contributed by atoms with Crippen molar-refractivity contribution in [1.29, 1.82) is 0 Å². The number of hydrogen-bond acceptors (Lipinski definition) is 3. The van der Waals surface area contributed by atoms with E-state index in [9.17, 15) is 4.79 Å². The monoisotopic (exact) mass is 399 g/mol.